The summed E-state index contributed by atoms with van der Waals surface area (Å²) in [5.74, 6) is -0.250. The molecule has 1 atom stereocenters. The van der Waals surface area contributed by atoms with Crippen LogP contribution in [0.25, 0.3) is 0 Å². The average molecular weight is 279 g/mol. The number of ether oxygens (including phenoxy) is 2. The summed E-state index contributed by atoms with van der Waals surface area (Å²) in [5.41, 5.74) is 0.133. The Morgan fingerprint density at radius 3 is 2.50 bits per heavy atom. The van der Waals surface area contributed by atoms with E-state index >= 15 is 0 Å². The number of halogens is 3. The number of ketones is 1. The zero-order valence-electron chi connectivity index (χ0n) is 9.95. The molecule has 0 aliphatic carbocycles. The average Bonchev–Trinajstić information content (AvgIpc) is 2.28. The molecule has 1 rings (SSSR count). The summed E-state index contributed by atoms with van der Waals surface area (Å²) in [6.07, 6.45) is 0. The fourth-order valence-electron chi connectivity index (χ4n) is 1.46. The first-order valence-corrected chi connectivity index (χ1v) is 5.76. The van der Waals surface area contributed by atoms with Crippen molar-refractivity contribution in [1.82, 2.24) is 0 Å². The summed E-state index contributed by atoms with van der Waals surface area (Å²) in [4.78, 5) is 11.3. The van der Waals surface area contributed by atoms with E-state index in [9.17, 15) is 13.6 Å². The smallest absolute Gasteiger partial charge is 0.387 e. The molecule has 0 saturated heterocycles. The lowest BCUT2D eigenvalue weighted by molar-refractivity contribution is -0.117. The van der Waals surface area contributed by atoms with Crippen molar-refractivity contribution in [1.29, 1.82) is 0 Å². The molecule has 0 saturated carbocycles. The van der Waals surface area contributed by atoms with E-state index in [0.29, 0.717) is 6.61 Å². The van der Waals surface area contributed by atoms with Gasteiger partial charge < -0.3 is 9.47 Å². The lowest BCUT2D eigenvalue weighted by Crippen LogP contribution is -2.10. The lowest BCUT2D eigenvalue weighted by Gasteiger charge is -2.17. The summed E-state index contributed by atoms with van der Waals surface area (Å²) in [5, 5.41) is -1.08. The maximum absolute atomic E-state index is 12.3. The van der Waals surface area contributed by atoms with Gasteiger partial charge in [-0.15, -0.1) is 11.6 Å². The second-order valence-corrected chi connectivity index (χ2v) is 3.89. The van der Waals surface area contributed by atoms with Gasteiger partial charge in [0.25, 0.3) is 0 Å². The predicted molar refractivity (Wildman–Crippen MR) is 63.5 cm³/mol. The van der Waals surface area contributed by atoms with Gasteiger partial charge in [-0.25, -0.2) is 0 Å². The fourth-order valence-corrected chi connectivity index (χ4v) is 1.67. The first kappa shape index (κ1) is 14.7. The number of carbonyl (C=O) groups is 1. The quantitative estimate of drug-likeness (QED) is 0.747. The van der Waals surface area contributed by atoms with Gasteiger partial charge in [0.1, 0.15) is 16.9 Å². The number of benzene rings is 1. The molecule has 0 bridgehead atoms. The van der Waals surface area contributed by atoms with E-state index in [0.717, 1.165) is 0 Å². The summed E-state index contributed by atoms with van der Waals surface area (Å²) in [7, 11) is 0. The van der Waals surface area contributed by atoms with Crippen molar-refractivity contribution < 1.29 is 23.0 Å². The Morgan fingerprint density at radius 1 is 1.39 bits per heavy atom. The molecule has 0 radical (unpaired) electrons. The van der Waals surface area contributed by atoms with Crippen molar-refractivity contribution >= 4 is 17.4 Å². The highest BCUT2D eigenvalue weighted by atomic mass is 35.5. The minimum absolute atomic E-state index is 0.133. The Bertz CT molecular complexity index is 424. The highest BCUT2D eigenvalue weighted by molar-refractivity contribution is 6.31. The van der Waals surface area contributed by atoms with Crippen molar-refractivity contribution in [3.8, 4) is 11.5 Å². The van der Waals surface area contributed by atoms with Crippen molar-refractivity contribution in [3.05, 3.63) is 23.8 Å². The molecule has 3 nitrogen and oxygen atoms in total. The third-order valence-corrected chi connectivity index (χ3v) is 2.68. The first-order chi connectivity index (χ1) is 8.47. The summed E-state index contributed by atoms with van der Waals surface area (Å²) in [6, 6.07) is 4.37. The highest BCUT2D eigenvalue weighted by Crippen LogP contribution is 2.38. The van der Waals surface area contributed by atoms with Crippen LogP contribution in [0.5, 0.6) is 11.5 Å². The second-order valence-electron chi connectivity index (χ2n) is 3.45. The van der Waals surface area contributed by atoms with Crippen LogP contribution < -0.4 is 9.47 Å². The van der Waals surface area contributed by atoms with Crippen molar-refractivity contribution in [3.63, 3.8) is 0 Å². The van der Waals surface area contributed by atoms with Crippen LogP contribution in [0.15, 0.2) is 18.2 Å². The predicted octanol–water partition coefficient (Wildman–Crippen LogP) is 3.56. The van der Waals surface area contributed by atoms with Gasteiger partial charge in [0, 0.05) is 0 Å². The van der Waals surface area contributed by atoms with Crippen molar-refractivity contribution in [2.24, 2.45) is 0 Å². The molecule has 0 N–H and O–H groups in total. The van der Waals surface area contributed by atoms with E-state index < -0.39 is 12.0 Å². The van der Waals surface area contributed by atoms with Gasteiger partial charge in [-0.05, 0) is 26.0 Å². The second kappa shape index (κ2) is 6.54. The first-order valence-electron chi connectivity index (χ1n) is 5.32. The van der Waals surface area contributed by atoms with Gasteiger partial charge >= 0.3 is 6.61 Å². The molecule has 100 valence electrons. The number of alkyl halides is 3. The minimum atomic E-state index is -2.99. The highest BCUT2D eigenvalue weighted by Gasteiger charge is 2.24. The van der Waals surface area contributed by atoms with Crippen molar-refractivity contribution in [2.45, 2.75) is 25.8 Å². The molecule has 1 unspecified atom stereocenters. The molecular formula is C12H13ClF2O3. The molecule has 1 aromatic carbocycles. The zero-order valence-corrected chi connectivity index (χ0v) is 10.7. The third kappa shape index (κ3) is 3.57. The van der Waals surface area contributed by atoms with Crippen LogP contribution >= 0.6 is 11.6 Å². The molecule has 0 spiro atoms. The van der Waals surface area contributed by atoms with Gasteiger partial charge in [0.2, 0.25) is 0 Å². The van der Waals surface area contributed by atoms with E-state index in [4.69, 9.17) is 16.3 Å². The molecule has 0 amide bonds. The van der Waals surface area contributed by atoms with Crippen LogP contribution in [0.1, 0.15) is 24.8 Å². The SMILES string of the molecule is CCOc1cccc(OC(F)F)c1C(Cl)C(C)=O. The zero-order chi connectivity index (χ0) is 13.7. The Morgan fingerprint density at radius 2 is 2.00 bits per heavy atom. The Balaban J connectivity index is 3.24. The molecule has 0 aromatic heterocycles. The molecular weight excluding hydrogens is 266 g/mol. The summed E-state index contributed by atoms with van der Waals surface area (Å²) >= 11 is 5.92. The van der Waals surface area contributed by atoms with Crippen LogP contribution in [-0.4, -0.2) is 19.0 Å². The van der Waals surface area contributed by atoms with Crippen LogP contribution in [0.4, 0.5) is 8.78 Å². The number of Topliss-reactive ketones (excluding diaryl/α,β-unsaturated/α-hetero) is 1. The number of hydrogen-bond donors (Lipinski definition) is 0. The fraction of sp³-hybridized carbons (Fsp3) is 0.417. The molecule has 0 aliphatic rings. The molecule has 0 heterocycles. The topological polar surface area (TPSA) is 35.5 Å². The van der Waals surface area contributed by atoms with E-state index in [2.05, 4.69) is 4.74 Å². The van der Waals surface area contributed by atoms with Gasteiger partial charge in [0.15, 0.2) is 5.78 Å². The van der Waals surface area contributed by atoms with Gasteiger partial charge in [-0.3, -0.25) is 4.79 Å². The van der Waals surface area contributed by atoms with E-state index in [1.165, 1.54) is 19.1 Å². The maximum atomic E-state index is 12.3. The number of carbonyl (C=O) groups excluding carboxylic acids is 1. The van der Waals surface area contributed by atoms with Crippen molar-refractivity contribution in [2.75, 3.05) is 6.61 Å². The normalized spacial score (nSPS) is 12.3. The van der Waals surface area contributed by atoms with E-state index in [1.807, 2.05) is 0 Å². The molecule has 0 fully saturated rings. The van der Waals surface area contributed by atoms with E-state index in [-0.39, 0.29) is 22.8 Å². The van der Waals surface area contributed by atoms with Crippen LogP contribution in [0.3, 0.4) is 0 Å². The number of rotatable bonds is 6. The number of hydrogen-bond acceptors (Lipinski definition) is 3. The maximum Gasteiger partial charge on any atom is 0.387 e. The van der Waals surface area contributed by atoms with Gasteiger partial charge in [-0.2, -0.15) is 8.78 Å². The summed E-state index contributed by atoms with van der Waals surface area (Å²) < 4.78 is 34.2. The molecule has 18 heavy (non-hydrogen) atoms. The molecule has 1 aromatic rings. The third-order valence-electron chi connectivity index (χ3n) is 2.15. The van der Waals surface area contributed by atoms with Crippen LogP contribution in [0, 0.1) is 0 Å². The molecule has 0 aliphatic heterocycles. The summed E-state index contributed by atoms with van der Waals surface area (Å²) in [6.45, 7) is 0.345. The van der Waals surface area contributed by atoms with Crippen LogP contribution in [0.2, 0.25) is 0 Å². The monoisotopic (exact) mass is 278 g/mol. The van der Waals surface area contributed by atoms with Gasteiger partial charge in [0.05, 0.1) is 12.2 Å². The largest absolute Gasteiger partial charge is 0.493 e. The molecule has 6 heteroatoms. The minimum Gasteiger partial charge on any atom is -0.493 e. The van der Waals surface area contributed by atoms with E-state index in [1.54, 1.807) is 13.0 Å². The van der Waals surface area contributed by atoms with Gasteiger partial charge in [-0.1, -0.05) is 6.07 Å². The lowest BCUT2D eigenvalue weighted by atomic mass is 10.1. The standard InChI is InChI=1S/C12H13ClF2O3/c1-3-17-8-5-4-6-9(18-12(14)15)10(8)11(13)7(2)16/h4-6,11-12H,3H2,1-2H3. The Labute approximate surface area is 109 Å². The Hall–Kier alpha value is -1.36. The van der Waals surface area contributed by atoms with Crippen LogP contribution in [-0.2, 0) is 4.79 Å². The Kier molecular flexibility index (Phi) is 5.34.